The van der Waals surface area contributed by atoms with Gasteiger partial charge in [-0.15, -0.1) is 0 Å². The number of nitrogens with one attached hydrogen (secondary N) is 2. The van der Waals surface area contributed by atoms with Crippen molar-refractivity contribution >= 4 is 11.6 Å². The van der Waals surface area contributed by atoms with E-state index in [2.05, 4.69) is 16.7 Å². The molecule has 1 fully saturated rings. The summed E-state index contributed by atoms with van der Waals surface area (Å²) in [5.74, 6) is 0.516. The van der Waals surface area contributed by atoms with Crippen LogP contribution in [0.25, 0.3) is 0 Å². The number of amides is 1. The number of benzene rings is 1. The molecule has 1 aliphatic heterocycles. The number of nitrogens with zero attached hydrogens (tertiary/aromatic N) is 1. The van der Waals surface area contributed by atoms with E-state index in [1.807, 2.05) is 0 Å². The molecule has 1 aliphatic rings. The molecule has 2 rings (SSSR count). The average molecular weight is 243 g/mol. The number of piperidine rings is 1. The van der Waals surface area contributed by atoms with Gasteiger partial charge in [-0.25, -0.2) is 0 Å². The molecule has 0 aliphatic carbocycles. The van der Waals surface area contributed by atoms with Crippen LogP contribution in [0.2, 0.25) is 0 Å². The molecule has 0 radical (unpaired) electrons. The first kappa shape index (κ1) is 12.6. The summed E-state index contributed by atoms with van der Waals surface area (Å²) >= 11 is 0. The lowest BCUT2D eigenvalue weighted by Gasteiger charge is -2.21. The first-order chi connectivity index (χ1) is 8.78. The van der Waals surface area contributed by atoms with Gasteiger partial charge in [0.15, 0.2) is 0 Å². The fraction of sp³-hybridized carbons (Fsp3) is 0.429. The predicted octanol–water partition coefficient (Wildman–Crippen LogP) is 1.89. The second-order valence-electron chi connectivity index (χ2n) is 4.64. The minimum Gasteiger partial charge on any atom is -0.326 e. The normalized spacial score (nSPS) is 15.9. The Kier molecular flexibility index (Phi) is 4.32. The highest BCUT2D eigenvalue weighted by Crippen LogP contribution is 2.17. The van der Waals surface area contributed by atoms with Crippen LogP contribution in [0, 0.1) is 17.2 Å². The van der Waals surface area contributed by atoms with Gasteiger partial charge in [-0.05, 0) is 50.0 Å². The fourth-order valence-corrected chi connectivity index (χ4v) is 2.23. The van der Waals surface area contributed by atoms with Crippen molar-refractivity contribution < 1.29 is 4.79 Å². The van der Waals surface area contributed by atoms with Gasteiger partial charge in [0.25, 0.3) is 0 Å². The summed E-state index contributed by atoms with van der Waals surface area (Å²) in [5.41, 5.74) is 1.27. The maximum absolute atomic E-state index is 11.9. The molecule has 4 heteroatoms. The number of hydrogen-bond donors (Lipinski definition) is 2. The standard InChI is InChI=1S/C14H17N3O/c15-10-12-2-1-3-13(8-12)17-14(18)9-11-4-6-16-7-5-11/h1-3,8,11,16H,4-7,9H2,(H,17,18). The molecule has 1 heterocycles. The summed E-state index contributed by atoms with van der Waals surface area (Å²) in [4.78, 5) is 11.9. The highest BCUT2D eigenvalue weighted by Gasteiger charge is 2.16. The molecular formula is C14H17N3O. The van der Waals surface area contributed by atoms with Crippen molar-refractivity contribution in [3.05, 3.63) is 29.8 Å². The first-order valence-corrected chi connectivity index (χ1v) is 6.28. The Morgan fingerprint density at radius 2 is 2.22 bits per heavy atom. The Bertz CT molecular complexity index is 458. The zero-order valence-electron chi connectivity index (χ0n) is 10.3. The summed E-state index contributed by atoms with van der Waals surface area (Å²) in [6.45, 7) is 2.00. The van der Waals surface area contributed by atoms with Crippen molar-refractivity contribution in [1.29, 1.82) is 5.26 Å². The minimum absolute atomic E-state index is 0.0389. The number of carbonyl (C=O) groups excluding carboxylic acids is 1. The predicted molar refractivity (Wildman–Crippen MR) is 70.0 cm³/mol. The average Bonchev–Trinajstić information content (AvgIpc) is 2.40. The van der Waals surface area contributed by atoms with Crippen LogP contribution < -0.4 is 10.6 Å². The van der Waals surface area contributed by atoms with Crippen LogP contribution in [0.3, 0.4) is 0 Å². The smallest absolute Gasteiger partial charge is 0.224 e. The van der Waals surface area contributed by atoms with Gasteiger partial charge in [0.2, 0.25) is 5.91 Å². The SMILES string of the molecule is N#Cc1cccc(NC(=O)CC2CCNCC2)c1. The minimum atomic E-state index is 0.0389. The lowest BCUT2D eigenvalue weighted by molar-refractivity contribution is -0.117. The van der Waals surface area contributed by atoms with Crippen LogP contribution in [0.1, 0.15) is 24.8 Å². The molecule has 94 valence electrons. The largest absolute Gasteiger partial charge is 0.326 e. The van der Waals surface area contributed by atoms with E-state index < -0.39 is 0 Å². The molecule has 2 N–H and O–H groups in total. The first-order valence-electron chi connectivity index (χ1n) is 6.28. The number of anilines is 1. The van der Waals surface area contributed by atoms with E-state index in [1.165, 1.54) is 0 Å². The van der Waals surface area contributed by atoms with Gasteiger partial charge in [0, 0.05) is 12.1 Å². The zero-order chi connectivity index (χ0) is 12.8. The molecule has 0 bridgehead atoms. The summed E-state index contributed by atoms with van der Waals surface area (Å²) in [7, 11) is 0. The Labute approximate surface area is 107 Å². The molecule has 0 aromatic heterocycles. The van der Waals surface area contributed by atoms with E-state index in [1.54, 1.807) is 24.3 Å². The van der Waals surface area contributed by atoms with Gasteiger partial charge in [0.1, 0.15) is 0 Å². The van der Waals surface area contributed by atoms with Gasteiger partial charge >= 0.3 is 0 Å². The van der Waals surface area contributed by atoms with Gasteiger partial charge in [0.05, 0.1) is 11.6 Å². The molecule has 1 aromatic rings. The van der Waals surface area contributed by atoms with E-state index in [0.717, 1.165) is 25.9 Å². The number of hydrogen-bond acceptors (Lipinski definition) is 3. The van der Waals surface area contributed by atoms with E-state index in [9.17, 15) is 4.79 Å². The molecule has 18 heavy (non-hydrogen) atoms. The van der Waals surface area contributed by atoms with Crippen molar-refractivity contribution in [1.82, 2.24) is 5.32 Å². The molecule has 0 spiro atoms. The van der Waals surface area contributed by atoms with E-state index in [-0.39, 0.29) is 5.91 Å². The van der Waals surface area contributed by atoms with Gasteiger partial charge < -0.3 is 10.6 Å². The lowest BCUT2D eigenvalue weighted by atomic mass is 9.94. The summed E-state index contributed by atoms with van der Waals surface area (Å²) in [6.07, 6.45) is 2.69. The van der Waals surface area contributed by atoms with Crippen molar-refractivity contribution in [2.45, 2.75) is 19.3 Å². The van der Waals surface area contributed by atoms with Crippen LogP contribution in [0.4, 0.5) is 5.69 Å². The van der Waals surface area contributed by atoms with Crippen molar-refractivity contribution in [3.8, 4) is 6.07 Å². The van der Waals surface area contributed by atoms with E-state index in [4.69, 9.17) is 5.26 Å². The van der Waals surface area contributed by atoms with Crippen molar-refractivity contribution in [2.75, 3.05) is 18.4 Å². The van der Waals surface area contributed by atoms with Crippen molar-refractivity contribution in [2.24, 2.45) is 5.92 Å². The second-order valence-corrected chi connectivity index (χ2v) is 4.64. The van der Waals surface area contributed by atoms with Gasteiger partial charge in [-0.1, -0.05) is 6.07 Å². The number of rotatable bonds is 3. The van der Waals surface area contributed by atoms with Crippen LogP contribution >= 0.6 is 0 Å². The molecule has 1 amide bonds. The third-order valence-electron chi connectivity index (χ3n) is 3.21. The molecule has 0 saturated carbocycles. The van der Waals surface area contributed by atoms with E-state index in [0.29, 0.717) is 23.6 Å². The Morgan fingerprint density at radius 3 is 2.94 bits per heavy atom. The van der Waals surface area contributed by atoms with E-state index >= 15 is 0 Å². The maximum atomic E-state index is 11.9. The van der Waals surface area contributed by atoms with Crippen LogP contribution in [0.15, 0.2) is 24.3 Å². The summed E-state index contributed by atoms with van der Waals surface area (Å²) < 4.78 is 0. The highest BCUT2D eigenvalue weighted by atomic mass is 16.1. The second kappa shape index (κ2) is 6.18. The zero-order valence-corrected chi connectivity index (χ0v) is 10.3. The Morgan fingerprint density at radius 1 is 1.44 bits per heavy atom. The third-order valence-corrected chi connectivity index (χ3v) is 3.21. The summed E-state index contributed by atoms with van der Waals surface area (Å²) in [5, 5.41) is 14.9. The lowest BCUT2D eigenvalue weighted by Crippen LogP contribution is -2.30. The molecule has 1 saturated heterocycles. The Balaban J connectivity index is 1.88. The Hall–Kier alpha value is -1.86. The molecule has 4 nitrogen and oxygen atoms in total. The third kappa shape index (κ3) is 3.57. The molecular weight excluding hydrogens is 226 g/mol. The van der Waals surface area contributed by atoms with Gasteiger partial charge in [-0.2, -0.15) is 5.26 Å². The molecule has 0 atom stereocenters. The summed E-state index contributed by atoms with van der Waals surface area (Å²) in [6, 6.07) is 9.07. The molecule has 1 aromatic carbocycles. The topological polar surface area (TPSA) is 64.9 Å². The number of carbonyl (C=O) groups is 1. The van der Waals surface area contributed by atoms with Crippen LogP contribution in [0.5, 0.6) is 0 Å². The molecule has 0 unspecified atom stereocenters. The van der Waals surface area contributed by atoms with Crippen LogP contribution in [-0.4, -0.2) is 19.0 Å². The highest BCUT2D eigenvalue weighted by molar-refractivity contribution is 5.91. The van der Waals surface area contributed by atoms with Crippen LogP contribution in [-0.2, 0) is 4.79 Å². The van der Waals surface area contributed by atoms with Gasteiger partial charge in [-0.3, -0.25) is 4.79 Å². The monoisotopic (exact) mass is 243 g/mol. The number of nitriles is 1. The van der Waals surface area contributed by atoms with Crippen molar-refractivity contribution in [3.63, 3.8) is 0 Å². The fourth-order valence-electron chi connectivity index (χ4n) is 2.23. The maximum Gasteiger partial charge on any atom is 0.224 e. The quantitative estimate of drug-likeness (QED) is 0.852.